The zero-order chi connectivity index (χ0) is 23.5. The van der Waals surface area contributed by atoms with Gasteiger partial charge in [0.2, 0.25) is 11.8 Å². The topological polar surface area (TPSA) is 58.2 Å². The Morgan fingerprint density at radius 3 is 1.31 bits per heavy atom. The number of rotatable bonds is 4. The van der Waals surface area contributed by atoms with Crippen LogP contribution in [0.25, 0.3) is 0 Å². The van der Waals surface area contributed by atoms with Gasteiger partial charge in [-0.2, -0.15) is 0 Å². The Labute approximate surface area is 195 Å². The summed E-state index contributed by atoms with van der Waals surface area (Å²) in [7, 11) is 0. The minimum absolute atomic E-state index is 0.0878. The molecule has 0 spiro atoms. The molecule has 2 saturated carbocycles. The lowest BCUT2D eigenvalue weighted by Gasteiger charge is -2.36. The van der Waals surface area contributed by atoms with Crippen LogP contribution < -0.4 is 10.6 Å². The van der Waals surface area contributed by atoms with E-state index < -0.39 is 0 Å². The summed E-state index contributed by atoms with van der Waals surface area (Å²) >= 11 is 0. The first kappa shape index (κ1) is 24.8. The maximum atomic E-state index is 12.8. The molecule has 0 bridgehead atoms. The average Bonchev–Trinajstić information content (AvgIpc) is 2.73. The Bertz CT molecular complexity index is 723. The summed E-state index contributed by atoms with van der Waals surface area (Å²) in [5.41, 5.74) is 2.17. The highest BCUT2D eigenvalue weighted by Gasteiger charge is 2.33. The van der Waals surface area contributed by atoms with Gasteiger partial charge in [-0.3, -0.25) is 9.59 Å². The number of hydrogen-bond acceptors (Lipinski definition) is 2. The van der Waals surface area contributed by atoms with Crippen molar-refractivity contribution in [2.75, 3.05) is 10.6 Å². The molecule has 0 aromatic heterocycles. The van der Waals surface area contributed by atoms with Crippen molar-refractivity contribution in [2.24, 2.45) is 34.5 Å². The van der Waals surface area contributed by atoms with Gasteiger partial charge in [0.05, 0.1) is 0 Å². The molecule has 4 nitrogen and oxygen atoms in total. The zero-order valence-corrected chi connectivity index (χ0v) is 21.1. The first-order valence-electron chi connectivity index (χ1n) is 12.7. The van der Waals surface area contributed by atoms with E-state index in [0.717, 1.165) is 62.7 Å². The van der Waals surface area contributed by atoms with E-state index in [2.05, 4.69) is 52.2 Å². The van der Waals surface area contributed by atoms with Crippen LogP contribution in [0.3, 0.4) is 0 Å². The van der Waals surface area contributed by atoms with Gasteiger partial charge in [-0.1, -0.05) is 47.6 Å². The Morgan fingerprint density at radius 1 is 0.656 bits per heavy atom. The van der Waals surface area contributed by atoms with E-state index in [0.29, 0.717) is 22.7 Å². The van der Waals surface area contributed by atoms with Crippen LogP contribution in [0.2, 0.25) is 0 Å². The summed E-state index contributed by atoms with van der Waals surface area (Å²) in [4.78, 5) is 25.6. The van der Waals surface area contributed by atoms with Crippen molar-refractivity contribution in [3.05, 3.63) is 24.3 Å². The molecule has 1 aromatic carbocycles. The maximum Gasteiger partial charge on any atom is 0.227 e. The van der Waals surface area contributed by atoms with E-state index in [9.17, 15) is 9.59 Å². The Balaban J connectivity index is 1.50. The number of anilines is 2. The third-order valence-corrected chi connectivity index (χ3v) is 8.04. The fourth-order valence-electron chi connectivity index (χ4n) is 5.61. The summed E-state index contributed by atoms with van der Waals surface area (Å²) in [6, 6.07) is 7.60. The van der Waals surface area contributed by atoms with Crippen molar-refractivity contribution in [3.8, 4) is 0 Å². The lowest BCUT2D eigenvalue weighted by molar-refractivity contribution is -0.122. The highest BCUT2D eigenvalue weighted by atomic mass is 16.2. The van der Waals surface area contributed by atoms with Crippen molar-refractivity contribution in [2.45, 2.75) is 92.9 Å². The minimum atomic E-state index is 0.0878. The summed E-state index contributed by atoms with van der Waals surface area (Å²) in [5.74, 6) is 1.80. The molecule has 1 aromatic rings. The zero-order valence-electron chi connectivity index (χ0n) is 21.1. The standard InChI is InChI=1S/C28H44N2O2/c1-27(2,3)21-14-10-19(11-15-21)25(31)29-23-8-7-9-24(18-23)30-26(32)20-12-16-22(17-13-20)28(4,5)6/h7-9,18-22H,10-17H2,1-6H3,(H,29,31)(H,30,32). The fourth-order valence-corrected chi connectivity index (χ4v) is 5.61. The molecular formula is C28H44N2O2. The quantitative estimate of drug-likeness (QED) is 0.517. The molecule has 32 heavy (non-hydrogen) atoms. The third-order valence-electron chi connectivity index (χ3n) is 8.04. The van der Waals surface area contributed by atoms with E-state index in [1.54, 1.807) is 0 Å². The van der Waals surface area contributed by atoms with Gasteiger partial charge in [0, 0.05) is 23.2 Å². The number of hydrogen-bond donors (Lipinski definition) is 2. The van der Waals surface area contributed by atoms with E-state index in [4.69, 9.17) is 0 Å². The van der Waals surface area contributed by atoms with Gasteiger partial charge in [-0.05, 0) is 92.2 Å². The van der Waals surface area contributed by atoms with Crippen LogP contribution >= 0.6 is 0 Å². The van der Waals surface area contributed by atoms with Crippen molar-refractivity contribution in [3.63, 3.8) is 0 Å². The van der Waals surface area contributed by atoms with E-state index >= 15 is 0 Å². The van der Waals surface area contributed by atoms with E-state index in [1.165, 1.54) is 0 Å². The van der Waals surface area contributed by atoms with Crippen LogP contribution in [0.15, 0.2) is 24.3 Å². The van der Waals surface area contributed by atoms with E-state index in [-0.39, 0.29) is 23.7 Å². The molecule has 2 aliphatic carbocycles. The summed E-state index contributed by atoms with van der Waals surface area (Å²) in [5, 5.41) is 6.18. The molecule has 2 N–H and O–H groups in total. The molecule has 0 radical (unpaired) electrons. The van der Waals surface area contributed by atoms with Crippen LogP contribution in [0.5, 0.6) is 0 Å². The van der Waals surface area contributed by atoms with Gasteiger partial charge in [0.25, 0.3) is 0 Å². The van der Waals surface area contributed by atoms with Crippen LogP contribution in [-0.2, 0) is 9.59 Å². The van der Waals surface area contributed by atoms with Gasteiger partial charge in [0.15, 0.2) is 0 Å². The second kappa shape index (κ2) is 9.97. The maximum absolute atomic E-state index is 12.8. The Kier molecular flexibility index (Phi) is 7.73. The van der Waals surface area contributed by atoms with Gasteiger partial charge in [0.1, 0.15) is 0 Å². The van der Waals surface area contributed by atoms with Crippen molar-refractivity contribution in [1.29, 1.82) is 0 Å². The number of carbonyl (C=O) groups excluding carboxylic acids is 2. The second-order valence-electron chi connectivity index (χ2n) is 12.4. The van der Waals surface area contributed by atoms with E-state index in [1.807, 2.05) is 24.3 Å². The molecule has 178 valence electrons. The van der Waals surface area contributed by atoms with Gasteiger partial charge < -0.3 is 10.6 Å². The Hall–Kier alpha value is -1.84. The van der Waals surface area contributed by atoms with Crippen LogP contribution in [0.4, 0.5) is 11.4 Å². The smallest absolute Gasteiger partial charge is 0.227 e. The van der Waals surface area contributed by atoms with Gasteiger partial charge in [-0.25, -0.2) is 0 Å². The highest BCUT2D eigenvalue weighted by molar-refractivity contribution is 5.95. The lowest BCUT2D eigenvalue weighted by atomic mass is 9.69. The molecule has 0 atom stereocenters. The molecule has 2 amide bonds. The molecule has 3 rings (SSSR count). The molecule has 4 heteroatoms. The number of benzene rings is 1. The predicted octanol–water partition coefficient (Wildman–Crippen LogP) is 7.27. The average molecular weight is 441 g/mol. The molecule has 0 aliphatic heterocycles. The largest absolute Gasteiger partial charge is 0.326 e. The Morgan fingerprint density at radius 2 is 1.00 bits per heavy atom. The number of carbonyl (C=O) groups is 2. The molecule has 2 aliphatic rings. The monoisotopic (exact) mass is 440 g/mol. The van der Waals surface area contributed by atoms with Crippen molar-refractivity contribution >= 4 is 23.2 Å². The minimum Gasteiger partial charge on any atom is -0.326 e. The van der Waals surface area contributed by atoms with Crippen LogP contribution in [-0.4, -0.2) is 11.8 Å². The number of amides is 2. The number of nitrogens with one attached hydrogen (secondary N) is 2. The lowest BCUT2D eigenvalue weighted by Crippen LogP contribution is -2.32. The molecule has 2 fully saturated rings. The molecule has 0 saturated heterocycles. The van der Waals surface area contributed by atoms with Gasteiger partial charge in [-0.15, -0.1) is 0 Å². The van der Waals surface area contributed by atoms with Crippen molar-refractivity contribution in [1.82, 2.24) is 0 Å². The first-order valence-corrected chi connectivity index (χ1v) is 12.7. The van der Waals surface area contributed by atoms with Crippen molar-refractivity contribution < 1.29 is 9.59 Å². The normalized spacial score (nSPS) is 26.9. The fraction of sp³-hybridized carbons (Fsp3) is 0.714. The SMILES string of the molecule is CC(C)(C)C1CCC(C(=O)Nc2cccc(NC(=O)C3CCC(C(C)(C)C)CC3)c2)CC1. The third kappa shape index (κ3) is 6.59. The van der Waals surface area contributed by atoms with Crippen LogP contribution in [0, 0.1) is 34.5 Å². The summed E-state index contributed by atoms with van der Waals surface area (Å²) in [6.07, 6.45) is 8.32. The first-order chi connectivity index (χ1) is 14.9. The molecule has 0 heterocycles. The highest BCUT2D eigenvalue weighted by Crippen LogP contribution is 2.41. The van der Waals surface area contributed by atoms with Crippen LogP contribution in [0.1, 0.15) is 92.9 Å². The predicted molar refractivity (Wildman–Crippen MR) is 134 cm³/mol. The molecular weight excluding hydrogens is 396 g/mol. The summed E-state index contributed by atoms with van der Waals surface area (Å²) in [6.45, 7) is 13.8. The second-order valence-corrected chi connectivity index (χ2v) is 12.4. The van der Waals surface area contributed by atoms with Gasteiger partial charge >= 0.3 is 0 Å². The summed E-state index contributed by atoms with van der Waals surface area (Å²) < 4.78 is 0. The molecule has 0 unspecified atom stereocenters.